The van der Waals surface area contributed by atoms with Crippen molar-refractivity contribution in [2.75, 3.05) is 32.1 Å². The van der Waals surface area contributed by atoms with Gasteiger partial charge < -0.3 is 19.9 Å². The van der Waals surface area contributed by atoms with E-state index >= 15 is 0 Å². The molecular weight excluding hydrogens is 434 g/mol. The predicted molar refractivity (Wildman–Crippen MR) is 133 cm³/mol. The van der Waals surface area contributed by atoms with Crippen molar-refractivity contribution >= 4 is 29.0 Å². The third-order valence-electron chi connectivity index (χ3n) is 5.16. The number of benzene rings is 2. The molecule has 3 amide bonds. The molecule has 1 aromatic heterocycles. The van der Waals surface area contributed by atoms with E-state index in [1.165, 1.54) is 9.78 Å². The van der Waals surface area contributed by atoms with Crippen LogP contribution in [0, 0.1) is 13.8 Å². The average Bonchev–Trinajstić information content (AvgIpc) is 3.21. The number of nitrogens with zero attached hydrogens (tertiary/aromatic N) is 2. The molecule has 2 aromatic carbocycles. The number of urea groups is 1. The van der Waals surface area contributed by atoms with E-state index in [4.69, 9.17) is 4.74 Å². The number of ether oxygens (including phenoxy) is 1. The van der Waals surface area contributed by atoms with Crippen molar-refractivity contribution in [3.05, 3.63) is 87.6 Å². The maximum Gasteiger partial charge on any atom is 0.322 e. The lowest BCUT2D eigenvalue weighted by atomic mass is 10.2. The molecule has 174 valence electrons. The molecule has 6 nitrogen and oxygen atoms in total. The zero-order valence-electron chi connectivity index (χ0n) is 19.4. The molecule has 33 heavy (non-hydrogen) atoms. The van der Waals surface area contributed by atoms with E-state index in [0.29, 0.717) is 31.9 Å². The number of hydrogen-bond acceptors (Lipinski definition) is 4. The van der Waals surface area contributed by atoms with E-state index in [0.717, 1.165) is 16.0 Å². The Morgan fingerprint density at radius 1 is 0.939 bits per heavy atom. The van der Waals surface area contributed by atoms with Crippen molar-refractivity contribution in [2.24, 2.45) is 0 Å². The topological polar surface area (TPSA) is 61.9 Å². The molecule has 1 heterocycles. The number of rotatable bonds is 10. The standard InChI is InChI=1S/C26H31N3O3S/c1-20-8-7-11-23(16-20)27-26(31)28(14-15-32-3)19-25(30)29(17-22-9-5-4-6-10-22)18-24-13-12-21(2)33-24/h4-13,16H,14-15,17-19H2,1-3H3,(H,27,31). The van der Waals surface area contributed by atoms with Crippen LogP contribution in [0.15, 0.2) is 66.7 Å². The molecule has 0 aliphatic heterocycles. The van der Waals surface area contributed by atoms with Crippen molar-refractivity contribution in [3.8, 4) is 0 Å². The lowest BCUT2D eigenvalue weighted by Gasteiger charge is -2.27. The van der Waals surface area contributed by atoms with Gasteiger partial charge in [0.05, 0.1) is 13.2 Å². The van der Waals surface area contributed by atoms with Crippen molar-refractivity contribution in [3.63, 3.8) is 0 Å². The number of aryl methyl sites for hydroxylation is 2. The molecule has 0 unspecified atom stereocenters. The van der Waals surface area contributed by atoms with Crippen molar-refractivity contribution in [1.29, 1.82) is 0 Å². The van der Waals surface area contributed by atoms with Crippen molar-refractivity contribution < 1.29 is 14.3 Å². The molecular formula is C26H31N3O3S. The van der Waals surface area contributed by atoms with Gasteiger partial charge in [-0.25, -0.2) is 4.79 Å². The molecule has 0 aliphatic rings. The Kier molecular flexibility index (Phi) is 9.04. The summed E-state index contributed by atoms with van der Waals surface area (Å²) in [6.45, 7) is 5.64. The van der Waals surface area contributed by atoms with Gasteiger partial charge in [0.15, 0.2) is 0 Å². The van der Waals surface area contributed by atoms with Gasteiger partial charge in [0.2, 0.25) is 5.91 Å². The Bertz CT molecular complexity index is 1050. The predicted octanol–water partition coefficient (Wildman–Crippen LogP) is 5.07. The summed E-state index contributed by atoms with van der Waals surface area (Å²) in [6.07, 6.45) is 0. The van der Waals surface area contributed by atoms with Crippen LogP contribution in [0.3, 0.4) is 0 Å². The molecule has 0 saturated heterocycles. The molecule has 0 fully saturated rings. The SMILES string of the molecule is COCCN(CC(=O)N(Cc1ccccc1)Cc1ccc(C)s1)C(=O)Nc1cccc(C)c1. The van der Waals surface area contributed by atoms with Gasteiger partial charge in [0.1, 0.15) is 6.54 Å². The largest absolute Gasteiger partial charge is 0.383 e. The average molecular weight is 466 g/mol. The second-order valence-electron chi connectivity index (χ2n) is 7.96. The van der Waals surface area contributed by atoms with E-state index in [9.17, 15) is 9.59 Å². The molecule has 0 aliphatic carbocycles. The fourth-order valence-electron chi connectivity index (χ4n) is 3.44. The maximum absolute atomic E-state index is 13.4. The van der Waals surface area contributed by atoms with Crippen LogP contribution in [0.4, 0.5) is 10.5 Å². The first-order valence-electron chi connectivity index (χ1n) is 10.9. The minimum Gasteiger partial charge on any atom is -0.383 e. The fraction of sp³-hybridized carbons (Fsp3) is 0.308. The Hall–Kier alpha value is -3.16. The number of carbonyl (C=O) groups excluding carboxylic acids is 2. The normalized spacial score (nSPS) is 10.6. The maximum atomic E-state index is 13.4. The van der Waals surface area contributed by atoms with Crippen molar-refractivity contribution in [1.82, 2.24) is 9.80 Å². The Labute approximate surface area is 199 Å². The molecule has 3 rings (SSSR count). The molecule has 0 saturated carbocycles. The van der Waals surface area contributed by atoms with E-state index in [2.05, 4.69) is 24.4 Å². The monoisotopic (exact) mass is 465 g/mol. The molecule has 3 aromatic rings. The zero-order valence-corrected chi connectivity index (χ0v) is 20.2. The van der Waals surface area contributed by atoms with Crippen LogP contribution >= 0.6 is 11.3 Å². The first-order valence-corrected chi connectivity index (χ1v) is 11.7. The summed E-state index contributed by atoms with van der Waals surface area (Å²) in [6, 6.07) is 21.3. The van der Waals surface area contributed by atoms with E-state index in [1.807, 2.05) is 61.5 Å². The summed E-state index contributed by atoms with van der Waals surface area (Å²) in [5, 5.41) is 2.90. The van der Waals surface area contributed by atoms with Crippen LogP contribution < -0.4 is 5.32 Å². The highest BCUT2D eigenvalue weighted by atomic mass is 32.1. The van der Waals surface area contributed by atoms with E-state index < -0.39 is 0 Å². The van der Waals surface area contributed by atoms with Gasteiger partial charge in [-0.3, -0.25) is 4.79 Å². The first-order chi connectivity index (χ1) is 15.9. The third-order valence-corrected chi connectivity index (χ3v) is 6.15. The molecule has 7 heteroatoms. The highest BCUT2D eigenvalue weighted by Crippen LogP contribution is 2.19. The fourth-order valence-corrected chi connectivity index (χ4v) is 4.34. The third kappa shape index (κ3) is 7.73. The number of thiophene rings is 1. The van der Waals surface area contributed by atoms with Crippen LogP contribution in [0.5, 0.6) is 0 Å². The summed E-state index contributed by atoms with van der Waals surface area (Å²) in [5.74, 6) is -0.111. The van der Waals surface area contributed by atoms with Gasteiger partial charge in [0.25, 0.3) is 0 Å². The van der Waals surface area contributed by atoms with Gasteiger partial charge in [-0.05, 0) is 49.2 Å². The van der Waals surface area contributed by atoms with Gasteiger partial charge in [0, 0.05) is 35.6 Å². The van der Waals surface area contributed by atoms with Gasteiger partial charge in [-0.2, -0.15) is 0 Å². The molecule has 0 radical (unpaired) electrons. The summed E-state index contributed by atoms with van der Waals surface area (Å²) in [5.41, 5.74) is 2.80. The number of anilines is 1. The summed E-state index contributed by atoms with van der Waals surface area (Å²) >= 11 is 1.68. The van der Waals surface area contributed by atoms with E-state index in [-0.39, 0.29) is 18.5 Å². The lowest BCUT2D eigenvalue weighted by molar-refractivity contribution is -0.133. The van der Waals surface area contributed by atoms with Crippen LogP contribution in [-0.2, 0) is 22.6 Å². The van der Waals surface area contributed by atoms with Gasteiger partial charge in [-0.15, -0.1) is 11.3 Å². The summed E-state index contributed by atoms with van der Waals surface area (Å²) in [7, 11) is 1.58. The number of carbonyl (C=O) groups is 2. The van der Waals surface area contributed by atoms with Crippen LogP contribution in [-0.4, -0.2) is 48.5 Å². The minimum atomic E-state index is -0.322. The molecule has 0 spiro atoms. The second kappa shape index (κ2) is 12.2. The van der Waals surface area contributed by atoms with Crippen LogP contribution in [0.1, 0.15) is 20.9 Å². The first kappa shape index (κ1) is 24.5. The number of hydrogen-bond donors (Lipinski definition) is 1. The second-order valence-corrected chi connectivity index (χ2v) is 9.33. The van der Waals surface area contributed by atoms with Crippen LogP contribution in [0.25, 0.3) is 0 Å². The zero-order chi connectivity index (χ0) is 23.6. The number of nitrogens with one attached hydrogen (secondary N) is 1. The quantitative estimate of drug-likeness (QED) is 0.455. The molecule has 1 N–H and O–H groups in total. The lowest BCUT2D eigenvalue weighted by Crippen LogP contribution is -2.45. The van der Waals surface area contributed by atoms with Gasteiger partial charge in [-0.1, -0.05) is 42.5 Å². The highest BCUT2D eigenvalue weighted by Gasteiger charge is 2.22. The number of amides is 3. The Morgan fingerprint density at radius 3 is 2.39 bits per heavy atom. The Morgan fingerprint density at radius 2 is 1.73 bits per heavy atom. The van der Waals surface area contributed by atoms with Crippen molar-refractivity contribution in [2.45, 2.75) is 26.9 Å². The highest BCUT2D eigenvalue weighted by molar-refractivity contribution is 7.11. The molecule has 0 atom stereocenters. The number of methoxy groups -OCH3 is 1. The smallest absolute Gasteiger partial charge is 0.322 e. The summed E-state index contributed by atoms with van der Waals surface area (Å²) < 4.78 is 5.18. The van der Waals surface area contributed by atoms with Gasteiger partial charge >= 0.3 is 6.03 Å². The van der Waals surface area contributed by atoms with E-state index in [1.54, 1.807) is 23.3 Å². The molecule has 0 bridgehead atoms. The minimum absolute atomic E-state index is 0.0296. The Balaban J connectivity index is 1.75. The summed E-state index contributed by atoms with van der Waals surface area (Å²) in [4.78, 5) is 32.0. The van der Waals surface area contributed by atoms with Crippen LogP contribution in [0.2, 0.25) is 0 Å².